The first-order valence-electron chi connectivity index (χ1n) is 7.51. The molecular formula is C17H21N3O3S. The van der Waals surface area contributed by atoms with Gasteiger partial charge in [-0.2, -0.15) is 0 Å². The summed E-state index contributed by atoms with van der Waals surface area (Å²) in [4.78, 5) is 30.0. The number of benzene rings is 1. The SMILES string of the molecule is CO[C@@H](C)c1cccc(NC(=O)C(=O)N(C)Cc2csc(C)n2)c1. The Kier molecular flexibility index (Phi) is 6.05. The molecule has 2 rings (SSSR count). The molecule has 0 aliphatic heterocycles. The van der Waals surface area contributed by atoms with Gasteiger partial charge in [0.15, 0.2) is 0 Å². The number of carbonyl (C=O) groups is 2. The number of methoxy groups -OCH3 is 1. The number of hydrogen-bond donors (Lipinski definition) is 1. The van der Waals surface area contributed by atoms with E-state index in [4.69, 9.17) is 4.74 Å². The summed E-state index contributed by atoms with van der Waals surface area (Å²) >= 11 is 1.51. The third-order valence-electron chi connectivity index (χ3n) is 3.57. The molecule has 1 atom stereocenters. The molecule has 0 aliphatic carbocycles. The molecule has 7 heteroatoms. The van der Waals surface area contributed by atoms with Crippen LogP contribution in [-0.4, -0.2) is 35.9 Å². The summed E-state index contributed by atoms with van der Waals surface area (Å²) in [5, 5.41) is 5.44. The van der Waals surface area contributed by atoms with Crippen LogP contribution in [0.3, 0.4) is 0 Å². The summed E-state index contributed by atoms with van der Waals surface area (Å²) in [5.41, 5.74) is 2.26. The van der Waals surface area contributed by atoms with E-state index in [2.05, 4.69) is 10.3 Å². The van der Waals surface area contributed by atoms with Crippen molar-refractivity contribution in [2.24, 2.45) is 0 Å². The van der Waals surface area contributed by atoms with E-state index in [-0.39, 0.29) is 6.10 Å². The van der Waals surface area contributed by atoms with Crippen molar-refractivity contribution in [2.75, 3.05) is 19.5 Å². The van der Waals surface area contributed by atoms with Crippen molar-refractivity contribution in [3.8, 4) is 0 Å². The first-order chi connectivity index (χ1) is 11.4. The van der Waals surface area contributed by atoms with Crippen molar-refractivity contribution < 1.29 is 14.3 Å². The molecule has 128 valence electrons. The van der Waals surface area contributed by atoms with Crippen LogP contribution >= 0.6 is 11.3 Å². The lowest BCUT2D eigenvalue weighted by Gasteiger charge is -2.16. The minimum absolute atomic E-state index is 0.0897. The van der Waals surface area contributed by atoms with Crippen molar-refractivity contribution in [2.45, 2.75) is 26.5 Å². The average molecular weight is 347 g/mol. The van der Waals surface area contributed by atoms with Gasteiger partial charge in [-0.05, 0) is 31.5 Å². The predicted molar refractivity (Wildman–Crippen MR) is 93.8 cm³/mol. The molecule has 0 fully saturated rings. The van der Waals surface area contributed by atoms with Crippen LogP contribution in [0.4, 0.5) is 5.69 Å². The summed E-state index contributed by atoms with van der Waals surface area (Å²) < 4.78 is 5.26. The number of carbonyl (C=O) groups excluding carboxylic acids is 2. The van der Waals surface area contributed by atoms with E-state index in [0.717, 1.165) is 16.3 Å². The Balaban J connectivity index is 1.99. The zero-order valence-corrected chi connectivity index (χ0v) is 15.0. The quantitative estimate of drug-likeness (QED) is 0.844. The number of nitrogens with one attached hydrogen (secondary N) is 1. The van der Waals surface area contributed by atoms with Gasteiger partial charge in [0.25, 0.3) is 0 Å². The highest BCUT2D eigenvalue weighted by atomic mass is 32.1. The van der Waals surface area contributed by atoms with Gasteiger partial charge in [0.05, 0.1) is 23.4 Å². The largest absolute Gasteiger partial charge is 0.377 e. The maximum Gasteiger partial charge on any atom is 0.313 e. The van der Waals surface area contributed by atoms with Crippen molar-refractivity contribution in [1.82, 2.24) is 9.88 Å². The Morgan fingerprint density at radius 2 is 2.17 bits per heavy atom. The van der Waals surface area contributed by atoms with Crippen LogP contribution in [0.2, 0.25) is 0 Å². The van der Waals surface area contributed by atoms with Crippen molar-refractivity contribution in [3.63, 3.8) is 0 Å². The molecule has 0 bridgehead atoms. The molecule has 0 saturated heterocycles. The van der Waals surface area contributed by atoms with Crippen molar-refractivity contribution in [3.05, 3.63) is 45.9 Å². The molecule has 1 heterocycles. The maximum atomic E-state index is 12.2. The van der Waals surface area contributed by atoms with E-state index in [1.807, 2.05) is 31.4 Å². The lowest BCUT2D eigenvalue weighted by Crippen LogP contribution is -2.36. The van der Waals surface area contributed by atoms with Gasteiger partial charge in [-0.3, -0.25) is 9.59 Å². The Morgan fingerprint density at radius 3 is 2.79 bits per heavy atom. The molecular weight excluding hydrogens is 326 g/mol. The zero-order valence-electron chi connectivity index (χ0n) is 14.2. The maximum absolute atomic E-state index is 12.2. The van der Waals surface area contributed by atoms with E-state index in [1.54, 1.807) is 26.3 Å². The molecule has 1 aromatic carbocycles. The van der Waals surface area contributed by atoms with Crippen LogP contribution in [0.15, 0.2) is 29.6 Å². The van der Waals surface area contributed by atoms with E-state index >= 15 is 0 Å². The number of ether oxygens (including phenoxy) is 1. The first kappa shape index (κ1) is 18.1. The molecule has 2 aromatic rings. The van der Waals surface area contributed by atoms with Gasteiger partial charge >= 0.3 is 11.8 Å². The second kappa shape index (κ2) is 8.03. The first-order valence-corrected chi connectivity index (χ1v) is 8.39. The smallest absolute Gasteiger partial charge is 0.313 e. The Hall–Kier alpha value is -2.25. The highest BCUT2D eigenvalue weighted by Gasteiger charge is 2.20. The molecule has 0 unspecified atom stereocenters. The van der Waals surface area contributed by atoms with E-state index < -0.39 is 11.8 Å². The minimum atomic E-state index is -0.674. The van der Waals surface area contributed by atoms with Crippen LogP contribution in [0, 0.1) is 6.92 Å². The van der Waals surface area contributed by atoms with Crippen molar-refractivity contribution in [1.29, 1.82) is 0 Å². The van der Waals surface area contributed by atoms with Crippen molar-refractivity contribution >= 4 is 28.8 Å². The molecule has 1 aromatic heterocycles. The van der Waals surface area contributed by atoms with Gasteiger partial charge in [0.1, 0.15) is 0 Å². The number of likely N-dealkylation sites (N-methyl/N-ethyl adjacent to an activating group) is 1. The number of amides is 2. The van der Waals surface area contributed by atoms with E-state index in [1.165, 1.54) is 16.2 Å². The second-order valence-corrected chi connectivity index (χ2v) is 6.54. The molecule has 6 nitrogen and oxygen atoms in total. The number of aromatic nitrogens is 1. The fourth-order valence-corrected chi connectivity index (χ4v) is 2.76. The normalized spacial score (nSPS) is 11.8. The predicted octanol–water partition coefficient (Wildman–Crippen LogP) is 2.76. The number of hydrogen-bond acceptors (Lipinski definition) is 5. The Morgan fingerprint density at radius 1 is 1.42 bits per heavy atom. The summed E-state index contributed by atoms with van der Waals surface area (Å²) in [7, 11) is 3.20. The monoisotopic (exact) mass is 347 g/mol. The molecule has 1 N–H and O–H groups in total. The van der Waals surface area contributed by atoms with Gasteiger partial charge in [-0.1, -0.05) is 12.1 Å². The molecule has 0 aliphatic rings. The van der Waals surface area contributed by atoms with Crippen LogP contribution in [-0.2, 0) is 20.9 Å². The zero-order chi connectivity index (χ0) is 17.7. The molecule has 24 heavy (non-hydrogen) atoms. The Labute approximate surface area is 145 Å². The van der Waals surface area contributed by atoms with Gasteiger partial charge in [0, 0.05) is 25.2 Å². The molecule has 0 spiro atoms. The third kappa shape index (κ3) is 4.62. The summed E-state index contributed by atoms with van der Waals surface area (Å²) in [6, 6.07) is 7.25. The summed E-state index contributed by atoms with van der Waals surface area (Å²) in [6.45, 7) is 4.11. The standard InChI is InChI=1S/C17H21N3O3S/c1-11(23-4)13-6-5-7-14(8-13)19-16(21)17(22)20(3)9-15-10-24-12(2)18-15/h5-8,10-11H,9H2,1-4H3,(H,19,21)/t11-/m0/s1. The fraction of sp³-hybridized carbons (Fsp3) is 0.353. The number of rotatable bonds is 5. The summed E-state index contributed by atoms with van der Waals surface area (Å²) in [6.07, 6.45) is -0.0897. The van der Waals surface area contributed by atoms with Crippen LogP contribution in [0.1, 0.15) is 29.3 Å². The summed E-state index contributed by atoms with van der Waals surface area (Å²) in [5.74, 6) is -1.28. The van der Waals surface area contributed by atoms with Gasteiger partial charge in [-0.25, -0.2) is 4.98 Å². The highest BCUT2D eigenvalue weighted by molar-refractivity contribution is 7.09. The van der Waals surface area contributed by atoms with E-state index in [9.17, 15) is 9.59 Å². The number of nitrogens with zero attached hydrogens (tertiary/aromatic N) is 2. The molecule has 2 amide bonds. The van der Waals surface area contributed by atoms with Gasteiger partial charge in [-0.15, -0.1) is 11.3 Å². The molecule has 0 radical (unpaired) electrons. The molecule has 0 saturated carbocycles. The number of thiazole rings is 1. The van der Waals surface area contributed by atoms with Crippen LogP contribution in [0.25, 0.3) is 0 Å². The third-order valence-corrected chi connectivity index (χ3v) is 4.40. The fourth-order valence-electron chi connectivity index (χ4n) is 2.16. The number of aryl methyl sites for hydroxylation is 1. The minimum Gasteiger partial charge on any atom is -0.377 e. The lowest BCUT2D eigenvalue weighted by atomic mass is 10.1. The highest BCUT2D eigenvalue weighted by Crippen LogP contribution is 2.19. The van der Waals surface area contributed by atoms with Gasteiger partial charge < -0.3 is 15.0 Å². The van der Waals surface area contributed by atoms with Gasteiger partial charge in [0.2, 0.25) is 0 Å². The van der Waals surface area contributed by atoms with Crippen LogP contribution < -0.4 is 5.32 Å². The lowest BCUT2D eigenvalue weighted by molar-refractivity contribution is -0.142. The average Bonchev–Trinajstić information content (AvgIpc) is 2.98. The number of anilines is 1. The van der Waals surface area contributed by atoms with Crippen LogP contribution in [0.5, 0.6) is 0 Å². The second-order valence-electron chi connectivity index (χ2n) is 5.48. The topological polar surface area (TPSA) is 71.5 Å². The van der Waals surface area contributed by atoms with E-state index in [0.29, 0.717) is 12.2 Å². The Bertz CT molecular complexity index is 729.